The fourth-order valence-electron chi connectivity index (χ4n) is 2.57. The van der Waals surface area contributed by atoms with Crippen LogP contribution in [-0.4, -0.2) is 45.1 Å². The average Bonchev–Trinajstić information content (AvgIpc) is 2.72. The molecule has 0 fully saturated rings. The largest absolute Gasteiger partial charge is 0.493 e. The van der Waals surface area contributed by atoms with Crippen molar-refractivity contribution in [2.24, 2.45) is 0 Å². The van der Waals surface area contributed by atoms with Gasteiger partial charge in [0.1, 0.15) is 5.56 Å². The van der Waals surface area contributed by atoms with Gasteiger partial charge in [-0.25, -0.2) is 4.79 Å². The molecule has 2 rings (SSSR count). The minimum absolute atomic E-state index is 0.0750. The van der Waals surface area contributed by atoms with Gasteiger partial charge in [0.2, 0.25) is 5.75 Å². The molecule has 0 spiro atoms. The number of methoxy groups -OCH3 is 3. The van der Waals surface area contributed by atoms with Crippen LogP contribution in [0.2, 0.25) is 0 Å². The van der Waals surface area contributed by atoms with Gasteiger partial charge in [-0.2, -0.15) is 0 Å². The number of Topliss-reactive ketones (excluding diaryl/α,β-unsaturated/α-hetero) is 1. The number of esters is 1. The van der Waals surface area contributed by atoms with Crippen LogP contribution in [0.1, 0.15) is 34.6 Å². The molecule has 0 saturated carbocycles. The molecule has 154 valence electrons. The zero-order valence-corrected chi connectivity index (χ0v) is 16.9. The van der Waals surface area contributed by atoms with E-state index in [-0.39, 0.29) is 22.8 Å². The van der Waals surface area contributed by atoms with Crippen molar-refractivity contribution in [2.75, 3.05) is 26.6 Å². The maximum atomic E-state index is 12.6. The molecular weight excluding hydrogens is 378 g/mol. The minimum atomic E-state index is -1.08. The number of carbonyl (C=O) groups excluding carboxylic acids is 3. The van der Waals surface area contributed by atoms with Crippen LogP contribution in [0.5, 0.6) is 17.2 Å². The molecule has 0 aliphatic carbocycles. The Labute approximate surface area is 168 Å². The Kier molecular flexibility index (Phi) is 7.19. The molecule has 1 unspecified atom stereocenters. The molecule has 8 nitrogen and oxygen atoms in total. The summed E-state index contributed by atoms with van der Waals surface area (Å²) in [5.74, 6) is -0.572. The summed E-state index contributed by atoms with van der Waals surface area (Å²) in [4.78, 5) is 36.2. The van der Waals surface area contributed by atoms with Gasteiger partial charge in [0.05, 0.1) is 21.3 Å². The number of ketones is 1. The lowest BCUT2D eigenvalue weighted by atomic mass is 10.1. The normalized spacial score (nSPS) is 11.2. The number of nitrogens with one attached hydrogen (secondary N) is 1. The van der Waals surface area contributed by atoms with Crippen molar-refractivity contribution in [1.29, 1.82) is 0 Å². The summed E-state index contributed by atoms with van der Waals surface area (Å²) in [6, 6.07) is 9.40. The Balaban J connectivity index is 2.11. The van der Waals surface area contributed by atoms with Crippen molar-refractivity contribution in [3.8, 4) is 17.2 Å². The predicted molar refractivity (Wildman–Crippen MR) is 106 cm³/mol. The van der Waals surface area contributed by atoms with Gasteiger partial charge in [0.25, 0.3) is 5.91 Å². The van der Waals surface area contributed by atoms with Crippen molar-refractivity contribution < 1.29 is 33.3 Å². The van der Waals surface area contributed by atoms with Crippen molar-refractivity contribution in [1.82, 2.24) is 0 Å². The smallest absolute Gasteiger partial charge is 0.342 e. The summed E-state index contributed by atoms with van der Waals surface area (Å²) in [5.41, 5.74) is 1.10. The molecule has 8 heteroatoms. The van der Waals surface area contributed by atoms with Gasteiger partial charge in [0.15, 0.2) is 23.4 Å². The van der Waals surface area contributed by atoms with Gasteiger partial charge in [0, 0.05) is 11.3 Å². The molecule has 0 aliphatic heterocycles. The van der Waals surface area contributed by atoms with Crippen LogP contribution >= 0.6 is 0 Å². The minimum Gasteiger partial charge on any atom is -0.493 e. The Morgan fingerprint density at radius 1 is 0.862 bits per heavy atom. The number of carbonyl (C=O) groups is 3. The fraction of sp³-hybridized carbons (Fsp3) is 0.286. The van der Waals surface area contributed by atoms with E-state index in [1.807, 2.05) is 0 Å². The summed E-state index contributed by atoms with van der Waals surface area (Å²) < 4.78 is 21.0. The quantitative estimate of drug-likeness (QED) is 0.536. The van der Waals surface area contributed by atoms with Crippen molar-refractivity contribution in [3.63, 3.8) is 0 Å². The lowest BCUT2D eigenvalue weighted by molar-refractivity contribution is -0.123. The van der Waals surface area contributed by atoms with Crippen LogP contribution < -0.4 is 19.5 Å². The zero-order chi connectivity index (χ0) is 21.6. The summed E-state index contributed by atoms with van der Waals surface area (Å²) in [6.07, 6.45) is -1.08. The van der Waals surface area contributed by atoms with E-state index < -0.39 is 18.0 Å². The molecule has 1 amide bonds. The van der Waals surface area contributed by atoms with Gasteiger partial charge in [-0.3, -0.25) is 9.59 Å². The monoisotopic (exact) mass is 401 g/mol. The molecule has 2 aromatic rings. The Morgan fingerprint density at radius 2 is 1.48 bits per heavy atom. The Morgan fingerprint density at radius 3 is 2.00 bits per heavy atom. The van der Waals surface area contributed by atoms with E-state index in [0.29, 0.717) is 17.0 Å². The van der Waals surface area contributed by atoms with E-state index in [0.717, 1.165) is 0 Å². The molecular formula is C21H23NO7. The van der Waals surface area contributed by atoms with E-state index in [4.69, 9.17) is 18.9 Å². The van der Waals surface area contributed by atoms with E-state index in [9.17, 15) is 14.4 Å². The molecule has 29 heavy (non-hydrogen) atoms. The van der Waals surface area contributed by atoms with Crippen LogP contribution in [0, 0.1) is 0 Å². The number of anilines is 1. The highest BCUT2D eigenvalue weighted by Gasteiger charge is 2.25. The first-order valence-corrected chi connectivity index (χ1v) is 8.74. The molecule has 1 atom stereocenters. The first kappa shape index (κ1) is 21.7. The summed E-state index contributed by atoms with van der Waals surface area (Å²) in [7, 11) is 4.27. The highest BCUT2D eigenvalue weighted by molar-refractivity contribution is 5.99. The number of benzene rings is 2. The SMILES string of the molecule is COc1ccc(C(=O)OC(C)C(=O)Nc2ccc(C(C)=O)cc2)c(OC)c1OC. The van der Waals surface area contributed by atoms with Crippen LogP contribution in [0.25, 0.3) is 0 Å². The maximum absolute atomic E-state index is 12.6. The molecule has 0 aliphatic rings. The molecule has 0 radical (unpaired) electrons. The van der Waals surface area contributed by atoms with Crippen LogP contribution in [0.3, 0.4) is 0 Å². The summed E-state index contributed by atoms with van der Waals surface area (Å²) >= 11 is 0. The lowest BCUT2D eigenvalue weighted by Gasteiger charge is -2.17. The Bertz CT molecular complexity index is 906. The molecule has 2 aromatic carbocycles. The van der Waals surface area contributed by atoms with E-state index >= 15 is 0 Å². The highest BCUT2D eigenvalue weighted by atomic mass is 16.6. The van der Waals surface area contributed by atoms with Crippen molar-refractivity contribution in [3.05, 3.63) is 47.5 Å². The lowest BCUT2D eigenvalue weighted by Crippen LogP contribution is -2.30. The van der Waals surface area contributed by atoms with E-state index in [2.05, 4.69) is 5.32 Å². The third kappa shape index (κ3) is 5.04. The molecule has 0 aromatic heterocycles. The van der Waals surface area contributed by atoms with Gasteiger partial charge >= 0.3 is 5.97 Å². The zero-order valence-electron chi connectivity index (χ0n) is 16.9. The molecule has 0 saturated heterocycles. The van der Waals surface area contributed by atoms with E-state index in [1.165, 1.54) is 41.2 Å². The van der Waals surface area contributed by atoms with Crippen LogP contribution in [-0.2, 0) is 9.53 Å². The topological polar surface area (TPSA) is 100 Å². The van der Waals surface area contributed by atoms with E-state index in [1.54, 1.807) is 30.3 Å². The number of rotatable bonds is 8. The first-order valence-electron chi connectivity index (χ1n) is 8.74. The van der Waals surface area contributed by atoms with Crippen LogP contribution in [0.15, 0.2) is 36.4 Å². The van der Waals surface area contributed by atoms with Crippen LogP contribution in [0.4, 0.5) is 5.69 Å². The summed E-state index contributed by atoms with van der Waals surface area (Å²) in [5, 5.41) is 2.63. The average molecular weight is 401 g/mol. The summed E-state index contributed by atoms with van der Waals surface area (Å²) in [6.45, 7) is 2.90. The third-order valence-electron chi connectivity index (χ3n) is 4.14. The standard InChI is InChI=1S/C21H23NO7/c1-12(23)14-6-8-15(9-7-14)22-20(24)13(2)29-21(25)16-10-11-17(26-3)19(28-5)18(16)27-4/h6-11,13H,1-5H3,(H,22,24). The van der Waals surface area contributed by atoms with Gasteiger partial charge in [-0.1, -0.05) is 0 Å². The molecule has 0 bridgehead atoms. The maximum Gasteiger partial charge on any atom is 0.342 e. The number of amides is 1. The van der Waals surface area contributed by atoms with Gasteiger partial charge < -0.3 is 24.3 Å². The number of hydrogen-bond donors (Lipinski definition) is 1. The third-order valence-corrected chi connectivity index (χ3v) is 4.14. The molecule has 1 N–H and O–H groups in total. The fourth-order valence-corrected chi connectivity index (χ4v) is 2.57. The molecule has 0 heterocycles. The second-order valence-corrected chi connectivity index (χ2v) is 6.05. The Hall–Kier alpha value is -3.55. The van der Waals surface area contributed by atoms with Crippen molar-refractivity contribution in [2.45, 2.75) is 20.0 Å². The second kappa shape index (κ2) is 9.59. The highest BCUT2D eigenvalue weighted by Crippen LogP contribution is 2.40. The first-order chi connectivity index (χ1) is 13.8. The van der Waals surface area contributed by atoms with Crippen molar-refractivity contribution >= 4 is 23.3 Å². The number of hydrogen-bond acceptors (Lipinski definition) is 7. The number of ether oxygens (including phenoxy) is 4. The van der Waals surface area contributed by atoms with Gasteiger partial charge in [-0.05, 0) is 50.2 Å². The predicted octanol–water partition coefficient (Wildman–Crippen LogP) is 3.10. The second-order valence-electron chi connectivity index (χ2n) is 6.05. The van der Waals surface area contributed by atoms with Gasteiger partial charge in [-0.15, -0.1) is 0 Å².